The van der Waals surface area contributed by atoms with Crippen LogP contribution in [0.15, 0.2) is 38.3 Å². The van der Waals surface area contributed by atoms with Crippen molar-refractivity contribution in [3.63, 3.8) is 0 Å². The number of carbonyl (C=O) groups is 1. The van der Waals surface area contributed by atoms with Gasteiger partial charge in [0.05, 0.1) is 20.1 Å². The van der Waals surface area contributed by atoms with Crippen LogP contribution in [-0.2, 0) is 4.79 Å². The second-order valence-corrected chi connectivity index (χ2v) is 6.08. The Hall–Kier alpha value is -0.220. The average Bonchev–Trinajstić information content (AvgIpc) is 2.34. The molecule has 0 radical (unpaired) electrons. The molecule has 0 spiro atoms. The molecule has 0 bridgehead atoms. The summed E-state index contributed by atoms with van der Waals surface area (Å²) in [4.78, 5) is 15.6. The predicted molar refractivity (Wildman–Crippen MR) is 86.2 cm³/mol. The van der Waals surface area contributed by atoms with E-state index >= 15 is 0 Å². The van der Waals surface area contributed by atoms with Gasteiger partial charge in [0.1, 0.15) is 16.4 Å². The van der Waals surface area contributed by atoms with Crippen LogP contribution in [0, 0.1) is 0 Å². The molecule has 0 saturated heterocycles. The third-order valence-corrected chi connectivity index (χ3v) is 4.23. The number of hydrogen-bond donors (Lipinski definition) is 0. The van der Waals surface area contributed by atoms with E-state index in [2.05, 4.69) is 4.99 Å². The number of hydrogen-bond acceptors (Lipinski definition) is 2. The number of benzene rings is 1. The maximum Gasteiger partial charge on any atom is 0.200 e. The molecule has 0 aromatic heterocycles. The van der Waals surface area contributed by atoms with Gasteiger partial charge in [-0.25, -0.2) is 4.99 Å². The zero-order valence-electron chi connectivity index (χ0n) is 9.36. The summed E-state index contributed by atoms with van der Waals surface area (Å²) in [6.45, 7) is 0. The lowest BCUT2D eigenvalue weighted by Crippen LogP contribution is -2.11. The minimum absolute atomic E-state index is 0.0477. The second-order valence-electron chi connectivity index (χ2n) is 3.66. The molecule has 0 unspecified atom stereocenters. The fraction of sp³-hybridized carbons (Fsp3) is 0. The van der Waals surface area contributed by atoms with E-state index in [4.69, 9.17) is 69.6 Å². The van der Waals surface area contributed by atoms with Gasteiger partial charge in [-0.15, -0.1) is 0 Å². The standard InChI is InChI=1S/C12H3Cl6NO/c13-4-1-5(14)11(6(15)2-4)19-12-7(16)3-8(20)9(17)10(12)18/h1-3H. The first-order valence-corrected chi connectivity index (χ1v) is 7.29. The Morgan fingerprint density at radius 3 is 1.95 bits per heavy atom. The Morgan fingerprint density at radius 2 is 1.40 bits per heavy atom. The summed E-state index contributed by atoms with van der Waals surface area (Å²) in [7, 11) is 0. The van der Waals surface area contributed by atoms with Gasteiger partial charge in [0, 0.05) is 11.1 Å². The summed E-state index contributed by atoms with van der Waals surface area (Å²) in [6.07, 6.45) is 1.12. The predicted octanol–water partition coefficient (Wildman–Crippen LogP) is 6.11. The van der Waals surface area contributed by atoms with Gasteiger partial charge in [-0.05, 0) is 12.1 Å². The lowest BCUT2D eigenvalue weighted by Gasteiger charge is -2.12. The molecule has 0 fully saturated rings. The zero-order valence-corrected chi connectivity index (χ0v) is 13.9. The highest BCUT2D eigenvalue weighted by molar-refractivity contribution is 6.64. The molecule has 104 valence electrons. The van der Waals surface area contributed by atoms with E-state index in [1.807, 2.05) is 0 Å². The highest BCUT2D eigenvalue weighted by atomic mass is 35.5. The molecule has 0 N–H and O–H groups in total. The van der Waals surface area contributed by atoms with Gasteiger partial charge in [-0.3, -0.25) is 4.79 Å². The molecule has 0 saturated carbocycles. The van der Waals surface area contributed by atoms with Crippen LogP contribution in [0.1, 0.15) is 0 Å². The third kappa shape index (κ3) is 3.16. The molecule has 0 heterocycles. The van der Waals surface area contributed by atoms with Crippen LogP contribution in [0.2, 0.25) is 15.1 Å². The number of carbonyl (C=O) groups excluding carboxylic acids is 1. The summed E-state index contributed by atoms with van der Waals surface area (Å²) in [6, 6.07) is 2.94. The lowest BCUT2D eigenvalue weighted by atomic mass is 10.1. The van der Waals surface area contributed by atoms with Gasteiger partial charge in [0.2, 0.25) is 0 Å². The van der Waals surface area contributed by atoms with Crippen molar-refractivity contribution < 1.29 is 4.79 Å². The van der Waals surface area contributed by atoms with Gasteiger partial charge in [0.25, 0.3) is 0 Å². The molecule has 1 aliphatic carbocycles. The number of rotatable bonds is 1. The summed E-state index contributed by atoms with van der Waals surface area (Å²) >= 11 is 35.5. The first-order chi connectivity index (χ1) is 9.31. The number of allylic oxidation sites excluding steroid dienone is 4. The minimum Gasteiger partial charge on any atom is -0.288 e. The zero-order chi connectivity index (χ0) is 15.0. The molecule has 8 heteroatoms. The highest BCUT2D eigenvalue weighted by Crippen LogP contribution is 2.38. The Kier molecular flexibility index (Phi) is 5.06. The molecule has 2 nitrogen and oxygen atoms in total. The molecule has 20 heavy (non-hydrogen) atoms. The van der Waals surface area contributed by atoms with E-state index < -0.39 is 5.78 Å². The molecule has 0 atom stereocenters. The van der Waals surface area contributed by atoms with E-state index in [-0.39, 0.29) is 36.5 Å². The van der Waals surface area contributed by atoms with Crippen LogP contribution in [-0.4, -0.2) is 11.5 Å². The first-order valence-electron chi connectivity index (χ1n) is 5.02. The van der Waals surface area contributed by atoms with Crippen LogP contribution in [0.5, 0.6) is 0 Å². The monoisotopic (exact) mass is 387 g/mol. The van der Waals surface area contributed by atoms with Crippen molar-refractivity contribution in [2.24, 2.45) is 4.99 Å². The van der Waals surface area contributed by atoms with Crippen molar-refractivity contribution in [3.05, 3.63) is 48.4 Å². The summed E-state index contributed by atoms with van der Waals surface area (Å²) in [5, 5.41) is 0.617. The minimum atomic E-state index is -0.492. The van der Waals surface area contributed by atoms with Gasteiger partial charge in [-0.2, -0.15) is 0 Å². The maximum atomic E-state index is 11.4. The molecule has 0 aliphatic heterocycles. The summed E-state index contributed by atoms with van der Waals surface area (Å²) < 4.78 is 0. The maximum absolute atomic E-state index is 11.4. The quantitative estimate of drug-likeness (QED) is 0.532. The molecule has 2 rings (SSSR count). The van der Waals surface area contributed by atoms with Crippen molar-refractivity contribution in [2.45, 2.75) is 0 Å². The lowest BCUT2D eigenvalue weighted by molar-refractivity contribution is -0.110. The molecule has 1 aliphatic rings. The van der Waals surface area contributed by atoms with Crippen molar-refractivity contribution >= 4 is 86.8 Å². The van der Waals surface area contributed by atoms with E-state index in [0.29, 0.717) is 5.02 Å². The fourth-order valence-electron chi connectivity index (χ4n) is 1.42. The molecule has 1 aromatic carbocycles. The Labute approximate surface area is 144 Å². The smallest absolute Gasteiger partial charge is 0.200 e. The Balaban J connectivity index is 2.62. The van der Waals surface area contributed by atoms with E-state index in [0.717, 1.165) is 6.08 Å². The fourth-order valence-corrected chi connectivity index (χ4v) is 2.99. The highest BCUT2D eigenvalue weighted by Gasteiger charge is 2.24. The van der Waals surface area contributed by atoms with Crippen LogP contribution >= 0.6 is 69.6 Å². The molecular weight excluding hydrogens is 387 g/mol. The van der Waals surface area contributed by atoms with E-state index in [1.54, 1.807) is 0 Å². The average molecular weight is 390 g/mol. The van der Waals surface area contributed by atoms with Crippen molar-refractivity contribution in [1.82, 2.24) is 0 Å². The SMILES string of the molecule is O=C1C=C(Cl)C(=Nc2c(Cl)cc(Cl)cc2Cl)C(Cl)=C1Cl. The largest absolute Gasteiger partial charge is 0.288 e. The van der Waals surface area contributed by atoms with E-state index in [1.165, 1.54) is 12.1 Å². The second kappa shape index (κ2) is 6.27. The van der Waals surface area contributed by atoms with Crippen LogP contribution in [0.4, 0.5) is 5.69 Å². The van der Waals surface area contributed by atoms with Crippen molar-refractivity contribution in [2.75, 3.05) is 0 Å². The first kappa shape index (κ1) is 16.2. The third-order valence-electron chi connectivity index (χ3n) is 2.31. The Bertz CT molecular complexity index is 681. The summed E-state index contributed by atoms with van der Waals surface area (Å²) in [5.41, 5.74) is 0.348. The normalized spacial score (nSPS) is 17.8. The number of aliphatic imine (C=N–C) groups is 1. The topological polar surface area (TPSA) is 29.4 Å². The number of halogens is 6. The number of ketones is 1. The van der Waals surface area contributed by atoms with Crippen LogP contribution in [0.25, 0.3) is 0 Å². The van der Waals surface area contributed by atoms with Crippen LogP contribution in [0.3, 0.4) is 0 Å². The van der Waals surface area contributed by atoms with Gasteiger partial charge < -0.3 is 0 Å². The molecular formula is C12H3Cl6NO. The van der Waals surface area contributed by atoms with Gasteiger partial charge >= 0.3 is 0 Å². The van der Waals surface area contributed by atoms with Gasteiger partial charge in [0.15, 0.2) is 5.78 Å². The van der Waals surface area contributed by atoms with Crippen LogP contribution < -0.4 is 0 Å². The van der Waals surface area contributed by atoms with E-state index in [9.17, 15) is 4.79 Å². The Morgan fingerprint density at radius 1 is 0.850 bits per heavy atom. The van der Waals surface area contributed by atoms with Crippen molar-refractivity contribution in [1.29, 1.82) is 0 Å². The summed E-state index contributed by atoms with van der Waals surface area (Å²) in [5.74, 6) is -0.492. The number of nitrogens with zero attached hydrogens (tertiary/aromatic N) is 1. The van der Waals surface area contributed by atoms with Gasteiger partial charge in [-0.1, -0.05) is 69.6 Å². The van der Waals surface area contributed by atoms with Crippen molar-refractivity contribution in [3.8, 4) is 0 Å². The molecule has 0 amide bonds. The molecule has 1 aromatic rings.